The molecule has 0 saturated heterocycles. The zero-order valence-corrected chi connectivity index (χ0v) is 9.25. The number of carboxylic acids is 1. The zero-order chi connectivity index (χ0) is 12.3. The number of benzene rings is 1. The fourth-order valence-corrected chi connectivity index (χ4v) is 1.57. The minimum absolute atomic E-state index is 0.183. The highest BCUT2D eigenvalue weighted by atomic mass is 16.5. The Kier molecular flexibility index (Phi) is 3.05. The number of carbonyl (C=O) groups is 1. The van der Waals surface area contributed by atoms with Crippen LogP contribution in [0.4, 0.5) is 0 Å². The number of carboxylic acid groups (broad SMARTS) is 1. The van der Waals surface area contributed by atoms with Gasteiger partial charge in [-0.15, -0.1) is 0 Å². The predicted molar refractivity (Wildman–Crippen MR) is 63.2 cm³/mol. The Hall–Kier alpha value is -2.36. The number of pyridine rings is 1. The number of rotatable bonds is 3. The van der Waals surface area contributed by atoms with Gasteiger partial charge in [0.15, 0.2) is 0 Å². The fraction of sp³-hybridized carbons (Fsp3) is 0.0769. The molecular formula is C13H11NO3. The molecule has 0 amide bonds. The van der Waals surface area contributed by atoms with Gasteiger partial charge < -0.3 is 9.84 Å². The number of hydrogen-bond acceptors (Lipinski definition) is 3. The smallest absolute Gasteiger partial charge is 0.336 e. The third-order valence-electron chi connectivity index (χ3n) is 2.40. The van der Waals surface area contributed by atoms with Crippen LogP contribution in [0.15, 0.2) is 42.6 Å². The number of hydrogen-bond donors (Lipinski definition) is 1. The van der Waals surface area contributed by atoms with Crippen molar-refractivity contribution in [3.63, 3.8) is 0 Å². The molecule has 2 aromatic rings. The normalized spacial score (nSPS) is 9.94. The van der Waals surface area contributed by atoms with Gasteiger partial charge in [-0.05, 0) is 30.3 Å². The Balaban J connectivity index is 2.58. The molecule has 0 radical (unpaired) electrons. The van der Waals surface area contributed by atoms with E-state index < -0.39 is 5.97 Å². The van der Waals surface area contributed by atoms with E-state index in [1.807, 2.05) is 6.07 Å². The van der Waals surface area contributed by atoms with Gasteiger partial charge in [-0.2, -0.15) is 0 Å². The molecule has 1 heterocycles. The molecule has 0 aliphatic carbocycles. The average Bonchev–Trinajstić information content (AvgIpc) is 2.39. The van der Waals surface area contributed by atoms with Crippen LogP contribution in [0.25, 0.3) is 11.3 Å². The summed E-state index contributed by atoms with van der Waals surface area (Å²) in [6.07, 6.45) is 1.63. The summed E-state index contributed by atoms with van der Waals surface area (Å²) in [6.45, 7) is 0. The third kappa shape index (κ3) is 2.25. The number of aromatic nitrogens is 1. The summed E-state index contributed by atoms with van der Waals surface area (Å²) in [5, 5.41) is 9.16. The highest BCUT2D eigenvalue weighted by molar-refractivity contribution is 5.96. The Bertz CT molecular complexity index is 538. The molecule has 1 N–H and O–H groups in total. The first-order chi connectivity index (χ1) is 8.22. The molecule has 1 aromatic heterocycles. The Morgan fingerprint density at radius 3 is 2.71 bits per heavy atom. The van der Waals surface area contributed by atoms with E-state index in [9.17, 15) is 4.79 Å². The lowest BCUT2D eigenvalue weighted by molar-refractivity contribution is 0.0697. The molecule has 86 valence electrons. The summed E-state index contributed by atoms with van der Waals surface area (Å²) in [6, 6.07) is 10.3. The molecule has 4 heteroatoms. The van der Waals surface area contributed by atoms with Crippen molar-refractivity contribution in [2.24, 2.45) is 0 Å². The maximum absolute atomic E-state index is 11.2. The van der Waals surface area contributed by atoms with E-state index in [0.29, 0.717) is 17.0 Å². The predicted octanol–water partition coefficient (Wildman–Crippen LogP) is 2.46. The van der Waals surface area contributed by atoms with Gasteiger partial charge >= 0.3 is 5.97 Å². The Morgan fingerprint density at radius 2 is 2.12 bits per heavy atom. The molecule has 0 bridgehead atoms. The summed E-state index contributed by atoms with van der Waals surface area (Å²) < 4.78 is 5.01. The minimum atomic E-state index is -0.996. The lowest BCUT2D eigenvalue weighted by atomic mass is 10.0. The van der Waals surface area contributed by atoms with Gasteiger partial charge in [0.2, 0.25) is 0 Å². The van der Waals surface area contributed by atoms with Crippen molar-refractivity contribution in [1.82, 2.24) is 4.98 Å². The van der Waals surface area contributed by atoms with E-state index in [0.717, 1.165) is 0 Å². The van der Waals surface area contributed by atoms with Crippen molar-refractivity contribution >= 4 is 5.97 Å². The molecule has 2 rings (SSSR count). The van der Waals surface area contributed by atoms with E-state index in [4.69, 9.17) is 9.84 Å². The molecule has 0 saturated carbocycles. The molecule has 1 aromatic carbocycles. The van der Waals surface area contributed by atoms with E-state index in [2.05, 4.69) is 4.98 Å². The fourth-order valence-electron chi connectivity index (χ4n) is 1.57. The van der Waals surface area contributed by atoms with Crippen molar-refractivity contribution in [3.05, 3.63) is 48.2 Å². The third-order valence-corrected chi connectivity index (χ3v) is 2.40. The summed E-state index contributed by atoms with van der Waals surface area (Å²) >= 11 is 0. The van der Waals surface area contributed by atoms with Gasteiger partial charge in [-0.3, -0.25) is 4.98 Å². The molecule has 0 atom stereocenters. The van der Waals surface area contributed by atoms with E-state index >= 15 is 0 Å². The van der Waals surface area contributed by atoms with E-state index in [1.165, 1.54) is 13.2 Å². The van der Waals surface area contributed by atoms with Crippen LogP contribution < -0.4 is 4.74 Å². The lowest BCUT2D eigenvalue weighted by Gasteiger charge is -2.07. The summed E-state index contributed by atoms with van der Waals surface area (Å²) in [7, 11) is 1.50. The monoisotopic (exact) mass is 229 g/mol. The molecule has 0 spiro atoms. The van der Waals surface area contributed by atoms with Crippen LogP contribution in [0.3, 0.4) is 0 Å². The highest BCUT2D eigenvalue weighted by Crippen LogP contribution is 2.25. The second-order valence-corrected chi connectivity index (χ2v) is 3.43. The van der Waals surface area contributed by atoms with Crippen LogP contribution in [0.5, 0.6) is 5.75 Å². The first kappa shape index (κ1) is 11.1. The van der Waals surface area contributed by atoms with Crippen molar-refractivity contribution in [2.75, 3.05) is 7.11 Å². The molecule has 0 aliphatic rings. The lowest BCUT2D eigenvalue weighted by Crippen LogP contribution is -2.01. The molecular weight excluding hydrogens is 218 g/mol. The first-order valence-electron chi connectivity index (χ1n) is 5.05. The average molecular weight is 229 g/mol. The molecule has 0 aliphatic heterocycles. The number of nitrogens with zero attached hydrogens (tertiary/aromatic N) is 1. The summed E-state index contributed by atoms with van der Waals surface area (Å²) in [4.78, 5) is 15.3. The largest absolute Gasteiger partial charge is 0.497 e. The number of ether oxygens (including phenoxy) is 1. The first-order valence-corrected chi connectivity index (χ1v) is 5.05. The second kappa shape index (κ2) is 4.65. The Labute approximate surface area is 98.5 Å². The topological polar surface area (TPSA) is 59.4 Å². The van der Waals surface area contributed by atoms with Crippen LogP contribution in [0, 0.1) is 0 Å². The molecule has 0 fully saturated rings. The SMILES string of the molecule is COc1ccc(-c2ccccn2)c(C(=O)O)c1. The Morgan fingerprint density at radius 1 is 1.29 bits per heavy atom. The van der Waals surface area contributed by atoms with Crippen LogP contribution in [0.2, 0.25) is 0 Å². The van der Waals surface area contributed by atoms with Gasteiger partial charge in [-0.1, -0.05) is 6.07 Å². The van der Waals surface area contributed by atoms with Gasteiger partial charge in [-0.25, -0.2) is 4.79 Å². The van der Waals surface area contributed by atoms with Crippen LogP contribution >= 0.6 is 0 Å². The van der Waals surface area contributed by atoms with Gasteiger partial charge in [0.1, 0.15) is 5.75 Å². The molecule has 17 heavy (non-hydrogen) atoms. The quantitative estimate of drug-likeness (QED) is 0.878. The van der Waals surface area contributed by atoms with E-state index in [1.54, 1.807) is 30.5 Å². The summed E-state index contributed by atoms with van der Waals surface area (Å²) in [5.74, 6) is -0.480. The molecule has 4 nitrogen and oxygen atoms in total. The van der Waals surface area contributed by atoms with Crippen LogP contribution in [0.1, 0.15) is 10.4 Å². The van der Waals surface area contributed by atoms with Crippen molar-refractivity contribution in [1.29, 1.82) is 0 Å². The number of methoxy groups -OCH3 is 1. The van der Waals surface area contributed by atoms with Gasteiger partial charge in [0.05, 0.1) is 18.4 Å². The van der Waals surface area contributed by atoms with Crippen molar-refractivity contribution < 1.29 is 14.6 Å². The van der Waals surface area contributed by atoms with Crippen LogP contribution in [-0.4, -0.2) is 23.2 Å². The summed E-state index contributed by atoms with van der Waals surface area (Å²) in [5.41, 5.74) is 1.40. The zero-order valence-electron chi connectivity index (χ0n) is 9.25. The van der Waals surface area contributed by atoms with Gasteiger partial charge in [0, 0.05) is 11.8 Å². The minimum Gasteiger partial charge on any atom is -0.497 e. The highest BCUT2D eigenvalue weighted by Gasteiger charge is 2.13. The standard InChI is InChI=1S/C13H11NO3/c1-17-9-5-6-10(11(8-9)13(15)16)12-4-2-3-7-14-12/h2-8H,1H3,(H,15,16). The molecule has 0 unspecified atom stereocenters. The second-order valence-electron chi connectivity index (χ2n) is 3.43. The maximum Gasteiger partial charge on any atom is 0.336 e. The van der Waals surface area contributed by atoms with Crippen molar-refractivity contribution in [3.8, 4) is 17.0 Å². The maximum atomic E-state index is 11.2. The van der Waals surface area contributed by atoms with Crippen molar-refractivity contribution in [2.45, 2.75) is 0 Å². The van der Waals surface area contributed by atoms with E-state index in [-0.39, 0.29) is 5.56 Å². The van der Waals surface area contributed by atoms with Crippen LogP contribution in [-0.2, 0) is 0 Å². The number of aromatic carboxylic acids is 1. The van der Waals surface area contributed by atoms with Gasteiger partial charge in [0.25, 0.3) is 0 Å².